The van der Waals surface area contributed by atoms with E-state index in [1.54, 1.807) is 18.2 Å². The highest BCUT2D eigenvalue weighted by Crippen LogP contribution is 2.55. The molecule has 2 bridgehead atoms. The second kappa shape index (κ2) is 6.36. The van der Waals surface area contributed by atoms with Crippen molar-refractivity contribution in [2.45, 2.75) is 35.1 Å². The Hall–Kier alpha value is -1.83. The van der Waals surface area contributed by atoms with Crippen molar-refractivity contribution in [1.29, 1.82) is 0 Å². The number of ether oxygens (including phenoxy) is 1. The number of aromatic nitrogens is 2. The van der Waals surface area contributed by atoms with Gasteiger partial charge in [0.15, 0.2) is 0 Å². The molecule has 0 saturated carbocycles. The fourth-order valence-electron chi connectivity index (χ4n) is 4.25. The first-order chi connectivity index (χ1) is 13.1. The number of thioether (sulfide) groups is 1. The van der Waals surface area contributed by atoms with Crippen LogP contribution in [-0.4, -0.2) is 33.1 Å². The summed E-state index contributed by atoms with van der Waals surface area (Å²) in [7, 11) is 0. The third kappa shape index (κ3) is 2.63. The SMILES string of the molecule is OC[C@@H]1Sc2cccc(OC(F)F)c2[C@@H]2C[C@H]1c1nc3ccc(Cl)cc3n12. The Labute approximate surface area is 163 Å². The molecule has 5 rings (SSSR count). The molecule has 0 amide bonds. The number of hydrogen-bond donors (Lipinski definition) is 1. The smallest absolute Gasteiger partial charge is 0.387 e. The molecule has 0 unspecified atom stereocenters. The Morgan fingerprint density at radius 1 is 1.33 bits per heavy atom. The van der Waals surface area contributed by atoms with Crippen molar-refractivity contribution in [3.63, 3.8) is 0 Å². The summed E-state index contributed by atoms with van der Waals surface area (Å²) in [5.74, 6) is 1.05. The lowest BCUT2D eigenvalue weighted by Crippen LogP contribution is -2.18. The van der Waals surface area contributed by atoms with Crippen LogP contribution in [0.4, 0.5) is 8.78 Å². The van der Waals surface area contributed by atoms with Gasteiger partial charge in [0.1, 0.15) is 11.6 Å². The van der Waals surface area contributed by atoms with E-state index in [9.17, 15) is 13.9 Å². The molecule has 4 nitrogen and oxygen atoms in total. The number of aliphatic hydroxyl groups excluding tert-OH is 1. The molecular formula is C19H15ClF2N2O2S. The largest absolute Gasteiger partial charge is 0.434 e. The Bertz CT molecular complexity index is 1040. The zero-order valence-corrected chi connectivity index (χ0v) is 15.6. The monoisotopic (exact) mass is 408 g/mol. The Kier molecular flexibility index (Phi) is 4.07. The van der Waals surface area contributed by atoms with E-state index in [1.807, 2.05) is 18.2 Å². The van der Waals surface area contributed by atoms with Crippen LogP contribution < -0.4 is 4.74 Å². The molecule has 0 spiro atoms. The highest BCUT2D eigenvalue weighted by atomic mass is 35.5. The fraction of sp³-hybridized carbons (Fsp3) is 0.316. The van der Waals surface area contributed by atoms with Crippen LogP contribution in [0.2, 0.25) is 5.02 Å². The average molecular weight is 409 g/mol. The zero-order chi connectivity index (χ0) is 18.7. The minimum Gasteiger partial charge on any atom is -0.434 e. The van der Waals surface area contributed by atoms with Crippen LogP contribution in [0.5, 0.6) is 5.75 Å². The number of alkyl halides is 2. The van der Waals surface area contributed by atoms with Crippen LogP contribution in [-0.2, 0) is 0 Å². The van der Waals surface area contributed by atoms with Crippen molar-refractivity contribution in [3.05, 3.63) is 52.8 Å². The molecule has 3 heterocycles. The molecular weight excluding hydrogens is 394 g/mol. The number of benzene rings is 2. The maximum Gasteiger partial charge on any atom is 0.387 e. The summed E-state index contributed by atoms with van der Waals surface area (Å²) in [5.41, 5.74) is 2.40. The maximum absolute atomic E-state index is 13.0. The molecule has 3 aromatic rings. The van der Waals surface area contributed by atoms with Gasteiger partial charge in [-0.05, 0) is 36.8 Å². The van der Waals surface area contributed by atoms with Crippen LogP contribution >= 0.6 is 23.4 Å². The van der Waals surface area contributed by atoms with E-state index in [2.05, 4.69) is 4.57 Å². The highest BCUT2D eigenvalue weighted by Gasteiger charge is 2.44. The molecule has 0 aliphatic carbocycles. The summed E-state index contributed by atoms with van der Waals surface area (Å²) >= 11 is 7.70. The maximum atomic E-state index is 13.0. The number of rotatable bonds is 3. The van der Waals surface area contributed by atoms with Gasteiger partial charge in [-0.3, -0.25) is 0 Å². The Balaban J connectivity index is 1.78. The quantitative estimate of drug-likeness (QED) is 0.674. The van der Waals surface area contributed by atoms with Gasteiger partial charge >= 0.3 is 6.61 Å². The van der Waals surface area contributed by atoms with Gasteiger partial charge in [0.2, 0.25) is 0 Å². The van der Waals surface area contributed by atoms with E-state index in [4.69, 9.17) is 21.3 Å². The van der Waals surface area contributed by atoms with Gasteiger partial charge in [-0.2, -0.15) is 8.78 Å². The third-order valence-electron chi connectivity index (χ3n) is 5.28. The zero-order valence-electron chi connectivity index (χ0n) is 14.0. The van der Waals surface area contributed by atoms with Crippen LogP contribution in [0.3, 0.4) is 0 Å². The molecule has 3 atom stereocenters. The summed E-state index contributed by atoms with van der Waals surface area (Å²) in [6.07, 6.45) is 0.680. The van der Waals surface area contributed by atoms with Gasteiger partial charge < -0.3 is 14.4 Å². The number of hydrogen-bond acceptors (Lipinski definition) is 4. The Morgan fingerprint density at radius 2 is 2.19 bits per heavy atom. The van der Waals surface area contributed by atoms with E-state index in [0.29, 0.717) is 11.4 Å². The molecule has 2 aromatic carbocycles. The lowest BCUT2D eigenvalue weighted by Gasteiger charge is -2.23. The van der Waals surface area contributed by atoms with Crippen molar-refractivity contribution in [2.24, 2.45) is 0 Å². The highest BCUT2D eigenvalue weighted by molar-refractivity contribution is 8.00. The van der Waals surface area contributed by atoms with Crippen LogP contribution in [0.25, 0.3) is 11.0 Å². The van der Waals surface area contributed by atoms with E-state index in [-0.39, 0.29) is 29.6 Å². The summed E-state index contributed by atoms with van der Waals surface area (Å²) in [6, 6.07) is 10.5. The molecule has 1 aromatic heterocycles. The minimum atomic E-state index is -2.90. The van der Waals surface area contributed by atoms with Gasteiger partial charge in [0.05, 0.1) is 23.7 Å². The lowest BCUT2D eigenvalue weighted by molar-refractivity contribution is -0.0508. The van der Waals surface area contributed by atoms with Gasteiger partial charge in [0.25, 0.3) is 0 Å². The first-order valence-electron chi connectivity index (χ1n) is 8.59. The number of imidazole rings is 1. The Morgan fingerprint density at radius 3 is 2.96 bits per heavy atom. The summed E-state index contributed by atoms with van der Waals surface area (Å²) in [5, 5.41) is 10.5. The lowest BCUT2D eigenvalue weighted by atomic mass is 9.96. The second-order valence-electron chi connectivity index (χ2n) is 6.72. The number of nitrogens with zero attached hydrogens (tertiary/aromatic N) is 2. The van der Waals surface area contributed by atoms with Crippen LogP contribution in [0.1, 0.15) is 29.8 Å². The van der Waals surface area contributed by atoms with E-state index >= 15 is 0 Å². The topological polar surface area (TPSA) is 47.3 Å². The molecule has 0 radical (unpaired) electrons. The predicted octanol–water partition coefficient (Wildman–Crippen LogP) is 4.83. The molecule has 27 heavy (non-hydrogen) atoms. The van der Waals surface area contributed by atoms with Gasteiger partial charge in [0, 0.05) is 26.6 Å². The molecule has 2 aliphatic rings. The van der Waals surface area contributed by atoms with Crippen LogP contribution in [0, 0.1) is 0 Å². The van der Waals surface area contributed by atoms with Gasteiger partial charge in [-0.25, -0.2) is 4.98 Å². The molecule has 140 valence electrons. The first kappa shape index (κ1) is 17.3. The number of aliphatic hydroxyl groups is 1. The average Bonchev–Trinajstić information content (AvgIpc) is 3.10. The second-order valence-corrected chi connectivity index (χ2v) is 8.43. The first-order valence-corrected chi connectivity index (χ1v) is 9.85. The summed E-state index contributed by atoms with van der Waals surface area (Å²) in [6.45, 7) is -2.92. The van der Waals surface area contributed by atoms with E-state index in [1.165, 1.54) is 11.8 Å². The van der Waals surface area contributed by atoms with E-state index < -0.39 is 6.61 Å². The van der Waals surface area contributed by atoms with Crippen molar-refractivity contribution < 1.29 is 18.6 Å². The minimum absolute atomic E-state index is 0.0166. The van der Waals surface area contributed by atoms with Crippen molar-refractivity contribution in [2.75, 3.05) is 6.61 Å². The standard InChI is InChI=1S/C19H15ClF2N2O2S/c20-9-4-5-11-12(6-9)24-13-7-10(18(24)23-11)16(8-25)27-15-3-1-2-14(17(13)15)26-19(21)22/h1-6,10,13,16,19,25H,7-8H2/t10-,13+,16+/m1/s1. The predicted molar refractivity (Wildman–Crippen MR) is 100 cm³/mol. The molecule has 0 saturated heterocycles. The van der Waals surface area contributed by atoms with Crippen molar-refractivity contribution >= 4 is 34.4 Å². The molecule has 1 N–H and O–H groups in total. The fourth-order valence-corrected chi connectivity index (χ4v) is 5.74. The molecule has 2 aliphatic heterocycles. The van der Waals surface area contributed by atoms with Crippen molar-refractivity contribution in [1.82, 2.24) is 9.55 Å². The summed E-state index contributed by atoms with van der Waals surface area (Å²) < 4.78 is 32.9. The van der Waals surface area contributed by atoms with E-state index in [0.717, 1.165) is 27.3 Å². The molecule has 8 heteroatoms. The molecule has 0 fully saturated rings. The van der Waals surface area contributed by atoms with Gasteiger partial charge in [-0.1, -0.05) is 17.7 Å². The third-order valence-corrected chi connectivity index (χ3v) is 6.91. The van der Waals surface area contributed by atoms with Gasteiger partial charge in [-0.15, -0.1) is 11.8 Å². The number of fused-ring (bicyclic) bond motifs is 9. The van der Waals surface area contributed by atoms with Crippen LogP contribution in [0.15, 0.2) is 41.3 Å². The van der Waals surface area contributed by atoms with Crippen molar-refractivity contribution in [3.8, 4) is 5.75 Å². The number of halogens is 3. The normalized spacial score (nSPS) is 23.4. The summed E-state index contributed by atoms with van der Waals surface area (Å²) in [4.78, 5) is 5.63.